The summed E-state index contributed by atoms with van der Waals surface area (Å²) in [5, 5.41) is 3.04. The van der Waals surface area contributed by atoms with Gasteiger partial charge in [-0.3, -0.25) is 4.79 Å². The maximum atomic E-state index is 12.3. The van der Waals surface area contributed by atoms with Gasteiger partial charge in [-0.25, -0.2) is 0 Å². The van der Waals surface area contributed by atoms with E-state index >= 15 is 0 Å². The van der Waals surface area contributed by atoms with Crippen molar-refractivity contribution >= 4 is 24.0 Å². The van der Waals surface area contributed by atoms with Crippen molar-refractivity contribution in [3.8, 4) is 0 Å². The van der Waals surface area contributed by atoms with E-state index in [9.17, 15) is 4.79 Å². The maximum absolute atomic E-state index is 12.3. The monoisotopic (exact) mass is 299 g/mol. The Hall–Kier alpha value is -1.26. The van der Waals surface area contributed by atoms with Crippen LogP contribution in [0.4, 0.5) is 5.69 Å². The number of halogens is 1. The van der Waals surface area contributed by atoms with Gasteiger partial charge >= 0.3 is 0 Å². The molecule has 4 nitrogen and oxygen atoms in total. The zero-order chi connectivity index (χ0) is 14.6. The van der Waals surface area contributed by atoms with E-state index in [1.807, 2.05) is 50.2 Å². The molecule has 5 heteroatoms. The number of nitrogens with two attached hydrogens (primary N) is 1. The third-order valence-electron chi connectivity index (χ3n) is 3.72. The Kier molecular flexibility index (Phi) is 7.03. The van der Waals surface area contributed by atoms with Gasteiger partial charge in [0.05, 0.1) is 5.54 Å². The average molecular weight is 300 g/mol. The van der Waals surface area contributed by atoms with Crippen LogP contribution >= 0.6 is 12.4 Å². The van der Waals surface area contributed by atoms with Gasteiger partial charge in [0.2, 0.25) is 0 Å². The first-order valence-electron chi connectivity index (χ1n) is 6.60. The number of carbonyl (C=O) groups is 1. The molecule has 0 radical (unpaired) electrons. The summed E-state index contributed by atoms with van der Waals surface area (Å²) in [6, 6.07) is 7.56. The van der Waals surface area contributed by atoms with Gasteiger partial charge < -0.3 is 16.0 Å². The van der Waals surface area contributed by atoms with Crippen molar-refractivity contribution in [2.24, 2.45) is 11.7 Å². The molecule has 0 aromatic heterocycles. The van der Waals surface area contributed by atoms with E-state index in [0.717, 1.165) is 5.69 Å². The van der Waals surface area contributed by atoms with Crippen molar-refractivity contribution in [1.29, 1.82) is 0 Å². The number of anilines is 1. The molecule has 1 aromatic rings. The Balaban J connectivity index is 0.00000361. The Morgan fingerprint density at radius 1 is 1.40 bits per heavy atom. The van der Waals surface area contributed by atoms with Crippen LogP contribution in [-0.4, -0.2) is 32.1 Å². The van der Waals surface area contributed by atoms with E-state index in [0.29, 0.717) is 12.1 Å². The predicted molar refractivity (Wildman–Crippen MR) is 87.8 cm³/mol. The van der Waals surface area contributed by atoms with Crippen molar-refractivity contribution in [2.45, 2.75) is 26.3 Å². The fraction of sp³-hybridized carbons (Fsp3) is 0.533. The summed E-state index contributed by atoms with van der Waals surface area (Å²) in [5.41, 5.74) is 7.07. The van der Waals surface area contributed by atoms with Crippen LogP contribution in [0.1, 0.15) is 31.1 Å². The molecule has 0 spiro atoms. The maximum Gasteiger partial charge on any atom is 0.251 e. The molecule has 0 aliphatic carbocycles. The van der Waals surface area contributed by atoms with Gasteiger partial charge in [-0.1, -0.05) is 19.9 Å². The molecule has 1 aromatic carbocycles. The summed E-state index contributed by atoms with van der Waals surface area (Å²) in [6.07, 6.45) is 0. The lowest BCUT2D eigenvalue weighted by molar-refractivity contribution is 0.0883. The molecule has 0 heterocycles. The number of amides is 1. The largest absolute Gasteiger partial charge is 0.378 e. The second kappa shape index (κ2) is 7.50. The minimum Gasteiger partial charge on any atom is -0.378 e. The molecule has 0 bridgehead atoms. The van der Waals surface area contributed by atoms with Gasteiger partial charge in [0.1, 0.15) is 0 Å². The van der Waals surface area contributed by atoms with Gasteiger partial charge in [0, 0.05) is 31.9 Å². The quantitative estimate of drug-likeness (QED) is 0.877. The van der Waals surface area contributed by atoms with Crippen LogP contribution in [0, 0.1) is 5.92 Å². The molecule has 20 heavy (non-hydrogen) atoms. The molecule has 3 N–H and O–H groups in total. The van der Waals surface area contributed by atoms with Crippen LogP contribution in [0.15, 0.2) is 24.3 Å². The molecule has 114 valence electrons. The molecule has 0 fully saturated rings. The van der Waals surface area contributed by atoms with Crippen LogP contribution < -0.4 is 16.0 Å². The molecule has 0 aliphatic heterocycles. The number of carbonyl (C=O) groups excluding carboxylic acids is 1. The highest BCUT2D eigenvalue weighted by atomic mass is 35.5. The lowest BCUT2D eigenvalue weighted by atomic mass is 9.88. The zero-order valence-corrected chi connectivity index (χ0v) is 13.8. The summed E-state index contributed by atoms with van der Waals surface area (Å²) in [5.74, 6) is 0.198. The predicted octanol–water partition coefficient (Wildman–Crippen LogP) is 2.28. The van der Waals surface area contributed by atoms with E-state index in [1.54, 1.807) is 0 Å². The van der Waals surface area contributed by atoms with E-state index in [1.165, 1.54) is 0 Å². The molecular weight excluding hydrogens is 274 g/mol. The van der Waals surface area contributed by atoms with Crippen molar-refractivity contribution in [1.82, 2.24) is 5.32 Å². The van der Waals surface area contributed by atoms with Crippen molar-refractivity contribution < 1.29 is 4.79 Å². The van der Waals surface area contributed by atoms with Gasteiger partial charge in [-0.05, 0) is 31.0 Å². The van der Waals surface area contributed by atoms with Gasteiger partial charge in [0.25, 0.3) is 5.91 Å². The minimum absolute atomic E-state index is 0. The average Bonchev–Trinajstić information content (AvgIpc) is 2.38. The first kappa shape index (κ1) is 18.7. The summed E-state index contributed by atoms with van der Waals surface area (Å²) in [6.45, 7) is 6.52. The third kappa shape index (κ3) is 4.39. The van der Waals surface area contributed by atoms with Gasteiger partial charge in [-0.2, -0.15) is 0 Å². The molecule has 1 atom stereocenters. The first-order valence-corrected chi connectivity index (χ1v) is 6.60. The van der Waals surface area contributed by atoms with Crippen LogP contribution in [0.5, 0.6) is 0 Å². The summed E-state index contributed by atoms with van der Waals surface area (Å²) in [7, 11) is 3.91. The summed E-state index contributed by atoms with van der Waals surface area (Å²) >= 11 is 0. The fourth-order valence-corrected chi connectivity index (χ4v) is 1.69. The van der Waals surface area contributed by atoms with Gasteiger partial charge in [0.15, 0.2) is 0 Å². The third-order valence-corrected chi connectivity index (χ3v) is 3.72. The second-order valence-corrected chi connectivity index (χ2v) is 5.68. The number of benzene rings is 1. The van der Waals surface area contributed by atoms with E-state index in [-0.39, 0.29) is 29.8 Å². The van der Waals surface area contributed by atoms with Gasteiger partial charge in [-0.15, -0.1) is 12.4 Å². The molecule has 1 unspecified atom stereocenters. The van der Waals surface area contributed by atoms with Crippen LogP contribution in [0.2, 0.25) is 0 Å². The molecule has 1 rings (SSSR count). The number of nitrogens with one attached hydrogen (secondary N) is 1. The molecule has 0 saturated carbocycles. The standard InChI is InChI=1S/C15H25N3O.ClH/c1-11(2)15(3,10-16)17-14(19)12-7-6-8-13(9-12)18(4)5;/h6-9,11H,10,16H2,1-5H3,(H,17,19);1H. The highest BCUT2D eigenvalue weighted by Crippen LogP contribution is 2.18. The van der Waals surface area contributed by atoms with Crippen molar-refractivity contribution in [3.63, 3.8) is 0 Å². The SMILES string of the molecule is CC(C)C(C)(CN)NC(=O)c1cccc(N(C)C)c1.Cl. The first-order chi connectivity index (χ1) is 8.80. The minimum atomic E-state index is -0.384. The van der Waals surface area contributed by atoms with Crippen LogP contribution in [0.3, 0.4) is 0 Å². The second-order valence-electron chi connectivity index (χ2n) is 5.68. The summed E-state index contributed by atoms with van der Waals surface area (Å²) < 4.78 is 0. The topological polar surface area (TPSA) is 58.4 Å². The fourth-order valence-electron chi connectivity index (χ4n) is 1.69. The van der Waals surface area contributed by atoms with E-state index in [2.05, 4.69) is 19.2 Å². The van der Waals surface area contributed by atoms with E-state index in [4.69, 9.17) is 5.73 Å². The van der Waals surface area contributed by atoms with Crippen molar-refractivity contribution in [2.75, 3.05) is 25.5 Å². The highest BCUT2D eigenvalue weighted by molar-refractivity contribution is 5.95. The van der Waals surface area contributed by atoms with Crippen LogP contribution in [-0.2, 0) is 0 Å². The Bertz CT molecular complexity index is 448. The Morgan fingerprint density at radius 2 is 2.00 bits per heavy atom. The lowest BCUT2D eigenvalue weighted by Gasteiger charge is -2.33. The number of hydrogen-bond donors (Lipinski definition) is 2. The highest BCUT2D eigenvalue weighted by Gasteiger charge is 2.28. The molecule has 0 saturated heterocycles. The lowest BCUT2D eigenvalue weighted by Crippen LogP contribution is -2.55. The number of nitrogens with zero attached hydrogens (tertiary/aromatic N) is 1. The zero-order valence-electron chi connectivity index (χ0n) is 12.9. The Labute approximate surface area is 128 Å². The molecular formula is C15H26ClN3O. The molecule has 0 aliphatic rings. The van der Waals surface area contributed by atoms with E-state index < -0.39 is 0 Å². The smallest absolute Gasteiger partial charge is 0.251 e. The number of hydrogen-bond acceptors (Lipinski definition) is 3. The summed E-state index contributed by atoms with van der Waals surface area (Å²) in [4.78, 5) is 14.3. The Morgan fingerprint density at radius 3 is 2.45 bits per heavy atom. The normalized spacial score (nSPS) is 13.3. The molecule has 1 amide bonds. The van der Waals surface area contributed by atoms with Crippen LogP contribution in [0.25, 0.3) is 0 Å². The number of rotatable bonds is 5. The van der Waals surface area contributed by atoms with Crippen molar-refractivity contribution in [3.05, 3.63) is 29.8 Å².